The molecule has 8 nitrogen and oxygen atoms in total. The van der Waals surface area contributed by atoms with Crippen LogP contribution in [-0.4, -0.2) is 28.7 Å². The highest BCUT2D eigenvalue weighted by Gasteiger charge is 2.13. The molecular weight excluding hydrogens is 370 g/mol. The molecule has 1 heterocycles. The van der Waals surface area contributed by atoms with Crippen molar-refractivity contribution in [1.29, 1.82) is 0 Å². The summed E-state index contributed by atoms with van der Waals surface area (Å²) in [6.45, 7) is 0. The normalized spacial score (nSPS) is 10.8. The van der Waals surface area contributed by atoms with Crippen LogP contribution in [-0.2, 0) is 0 Å². The van der Waals surface area contributed by atoms with E-state index in [4.69, 9.17) is 5.73 Å². The molecule has 0 saturated heterocycles. The summed E-state index contributed by atoms with van der Waals surface area (Å²) in [5.74, 6) is -1.56. The standard InChI is InChI=1S/C21H17N5O3/c22-18(27)14-8-10-17(11-9-14)24-21(25-19(28)15-5-2-1-3-6-15)26-20(29)16-7-4-12-23-13-16/h1-13H,(H2,22,27)(H2,24,25,26,28,29). The molecule has 4 N–H and O–H groups in total. The Morgan fingerprint density at radius 3 is 1.97 bits per heavy atom. The first-order valence-electron chi connectivity index (χ1n) is 8.59. The second-order valence-electron chi connectivity index (χ2n) is 5.89. The lowest BCUT2D eigenvalue weighted by Gasteiger charge is -2.11. The highest BCUT2D eigenvalue weighted by molar-refractivity contribution is 6.13. The van der Waals surface area contributed by atoms with Gasteiger partial charge in [0.15, 0.2) is 0 Å². The van der Waals surface area contributed by atoms with Gasteiger partial charge < -0.3 is 5.73 Å². The lowest BCUT2D eigenvalue weighted by Crippen LogP contribution is -2.43. The summed E-state index contributed by atoms with van der Waals surface area (Å²) in [5, 5.41) is 5.15. The first kappa shape index (κ1) is 19.4. The lowest BCUT2D eigenvalue weighted by atomic mass is 10.2. The number of primary amides is 1. The van der Waals surface area contributed by atoms with E-state index in [1.54, 1.807) is 60.8 Å². The number of nitrogens with two attached hydrogens (primary N) is 1. The molecule has 0 spiro atoms. The summed E-state index contributed by atoms with van der Waals surface area (Å²) < 4.78 is 0. The van der Waals surface area contributed by atoms with E-state index in [1.807, 2.05) is 0 Å². The fraction of sp³-hybridized carbons (Fsp3) is 0. The maximum Gasteiger partial charge on any atom is 0.259 e. The number of hydrogen-bond donors (Lipinski definition) is 3. The van der Waals surface area contributed by atoms with E-state index in [1.165, 1.54) is 18.3 Å². The summed E-state index contributed by atoms with van der Waals surface area (Å²) in [7, 11) is 0. The highest BCUT2D eigenvalue weighted by atomic mass is 16.2. The molecule has 0 unspecified atom stereocenters. The molecule has 2 aromatic carbocycles. The number of carbonyl (C=O) groups excluding carboxylic acids is 3. The number of aliphatic imine (C=N–C) groups is 1. The van der Waals surface area contributed by atoms with Crippen LogP contribution in [0.2, 0.25) is 0 Å². The third kappa shape index (κ3) is 5.33. The van der Waals surface area contributed by atoms with Crippen molar-refractivity contribution in [2.24, 2.45) is 10.7 Å². The second-order valence-corrected chi connectivity index (χ2v) is 5.89. The van der Waals surface area contributed by atoms with Crippen LogP contribution in [0.5, 0.6) is 0 Å². The fourth-order valence-corrected chi connectivity index (χ4v) is 2.36. The molecule has 0 aliphatic carbocycles. The zero-order valence-corrected chi connectivity index (χ0v) is 15.2. The Labute approximate surface area is 166 Å². The van der Waals surface area contributed by atoms with Crippen LogP contribution in [0.3, 0.4) is 0 Å². The average molecular weight is 387 g/mol. The Balaban J connectivity index is 1.86. The number of guanidine groups is 1. The predicted octanol–water partition coefficient (Wildman–Crippen LogP) is 2.03. The molecule has 0 bridgehead atoms. The van der Waals surface area contributed by atoms with Gasteiger partial charge in [-0.25, -0.2) is 4.99 Å². The summed E-state index contributed by atoms with van der Waals surface area (Å²) >= 11 is 0. The number of nitrogens with zero attached hydrogens (tertiary/aromatic N) is 2. The van der Waals surface area contributed by atoms with Gasteiger partial charge in [-0.15, -0.1) is 0 Å². The van der Waals surface area contributed by atoms with E-state index in [-0.39, 0.29) is 5.96 Å². The molecule has 0 saturated carbocycles. The van der Waals surface area contributed by atoms with Crippen molar-refractivity contribution in [2.75, 3.05) is 0 Å². The van der Waals surface area contributed by atoms with Crippen molar-refractivity contribution in [3.63, 3.8) is 0 Å². The van der Waals surface area contributed by atoms with Crippen LogP contribution in [0.15, 0.2) is 84.1 Å². The minimum absolute atomic E-state index is 0.0699. The van der Waals surface area contributed by atoms with Gasteiger partial charge >= 0.3 is 0 Å². The van der Waals surface area contributed by atoms with Crippen LogP contribution in [0.25, 0.3) is 0 Å². The van der Waals surface area contributed by atoms with Crippen LogP contribution >= 0.6 is 0 Å². The molecule has 0 fully saturated rings. The van der Waals surface area contributed by atoms with E-state index in [9.17, 15) is 14.4 Å². The molecule has 0 radical (unpaired) electrons. The largest absolute Gasteiger partial charge is 0.366 e. The van der Waals surface area contributed by atoms with Gasteiger partial charge in [0.1, 0.15) is 0 Å². The number of aromatic nitrogens is 1. The van der Waals surface area contributed by atoms with Crippen molar-refractivity contribution < 1.29 is 14.4 Å². The average Bonchev–Trinajstić information content (AvgIpc) is 2.75. The van der Waals surface area contributed by atoms with Gasteiger partial charge in [0.05, 0.1) is 11.3 Å². The third-order valence-electron chi connectivity index (χ3n) is 3.82. The number of rotatable bonds is 4. The quantitative estimate of drug-likeness (QED) is 0.467. The first-order chi connectivity index (χ1) is 14.0. The molecule has 3 aromatic rings. The minimum Gasteiger partial charge on any atom is -0.366 e. The van der Waals surface area contributed by atoms with Crippen molar-refractivity contribution in [1.82, 2.24) is 15.6 Å². The lowest BCUT2D eigenvalue weighted by molar-refractivity contribution is 0.0962. The smallest absolute Gasteiger partial charge is 0.259 e. The van der Waals surface area contributed by atoms with Gasteiger partial charge in [-0.05, 0) is 48.5 Å². The third-order valence-corrected chi connectivity index (χ3v) is 3.82. The topological polar surface area (TPSA) is 127 Å². The number of amides is 3. The number of nitrogens with one attached hydrogen (secondary N) is 2. The van der Waals surface area contributed by atoms with Gasteiger partial charge in [-0.1, -0.05) is 18.2 Å². The fourth-order valence-electron chi connectivity index (χ4n) is 2.36. The van der Waals surface area contributed by atoms with Gasteiger partial charge in [0.2, 0.25) is 11.9 Å². The summed E-state index contributed by atoms with van der Waals surface area (Å²) in [6, 6.07) is 17.8. The highest BCUT2D eigenvalue weighted by Crippen LogP contribution is 2.13. The molecule has 3 amide bonds. The van der Waals surface area contributed by atoms with Gasteiger partial charge in [0, 0.05) is 23.5 Å². The molecule has 0 atom stereocenters. The summed E-state index contributed by atoms with van der Waals surface area (Å²) in [4.78, 5) is 44.3. The molecular formula is C21H17N5O3. The first-order valence-corrected chi connectivity index (χ1v) is 8.59. The molecule has 0 aliphatic heterocycles. The molecule has 3 rings (SSSR count). The number of benzene rings is 2. The molecule has 29 heavy (non-hydrogen) atoms. The zero-order chi connectivity index (χ0) is 20.6. The number of hydrogen-bond acceptors (Lipinski definition) is 5. The van der Waals surface area contributed by atoms with Gasteiger partial charge in [-0.2, -0.15) is 0 Å². The Morgan fingerprint density at radius 2 is 1.38 bits per heavy atom. The van der Waals surface area contributed by atoms with E-state index in [2.05, 4.69) is 20.6 Å². The van der Waals surface area contributed by atoms with Crippen molar-refractivity contribution in [3.05, 3.63) is 95.8 Å². The van der Waals surface area contributed by atoms with Crippen LogP contribution in [0.4, 0.5) is 5.69 Å². The summed E-state index contributed by atoms with van der Waals surface area (Å²) in [6.07, 6.45) is 2.94. The Hall–Kier alpha value is -4.33. The SMILES string of the molecule is NC(=O)c1ccc(N=C(NC(=O)c2ccccc2)NC(=O)c2cccnc2)cc1. The summed E-state index contributed by atoms with van der Waals surface area (Å²) in [5.41, 5.74) is 6.66. The number of pyridine rings is 1. The second kappa shape index (κ2) is 9.05. The van der Waals surface area contributed by atoms with E-state index in [0.717, 1.165) is 0 Å². The minimum atomic E-state index is -0.567. The van der Waals surface area contributed by atoms with E-state index >= 15 is 0 Å². The zero-order valence-electron chi connectivity index (χ0n) is 15.2. The maximum atomic E-state index is 12.5. The van der Waals surface area contributed by atoms with Gasteiger partial charge in [-0.3, -0.25) is 30.0 Å². The van der Waals surface area contributed by atoms with Crippen LogP contribution < -0.4 is 16.4 Å². The van der Waals surface area contributed by atoms with E-state index in [0.29, 0.717) is 22.4 Å². The molecule has 144 valence electrons. The monoisotopic (exact) mass is 387 g/mol. The maximum absolute atomic E-state index is 12.5. The Morgan fingerprint density at radius 1 is 0.759 bits per heavy atom. The van der Waals surface area contributed by atoms with Crippen molar-refractivity contribution in [2.45, 2.75) is 0 Å². The van der Waals surface area contributed by atoms with Crippen LogP contribution in [0.1, 0.15) is 31.1 Å². The van der Waals surface area contributed by atoms with Crippen LogP contribution in [0, 0.1) is 0 Å². The molecule has 1 aromatic heterocycles. The van der Waals surface area contributed by atoms with Crippen molar-refractivity contribution in [3.8, 4) is 0 Å². The predicted molar refractivity (Wildman–Crippen MR) is 108 cm³/mol. The van der Waals surface area contributed by atoms with Crippen molar-refractivity contribution >= 4 is 29.4 Å². The Bertz CT molecular complexity index is 993. The Kier molecular flexibility index (Phi) is 6.06. The van der Waals surface area contributed by atoms with Gasteiger partial charge in [0.25, 0.3) is 11.8 Å². The number of carbonyl (C=O) groups is 3. The molecule has 8 heteroatoms. The molecule has 0 aliphatic rings. The van der Waals surface area contributed by atoms with E-state index < -0.39 is 17.7 Å².